The van der Waals surface area contributed by atoms with Gasteiger partial charge in [0.15, 0.2) is 0 Å². The minimum absolute atomic E-state index is 0.342. The topological polar surface area (TPSA) is 63.8 Å². The molecule has 2 atom stereocenters. The second-order valence-corrected chi connectivity index (χ2v) is 5.73. The van der Waals surface area contributed by atoms with Gasteiger partial charge in [-0.15, -0.1) is 0 Å². The van der Waals surface area contributed by atoms with Crippen molar-refractivity contribution in [3.8, 4) is 0 Å². The number of hydrogen-bond acceptors (Lipinski definition) is 4. The van der Waals surface area contributed by atoms with E-state index in [1.54, 1.807) is 0 Å². The Bertz CT molecular complexity index is 596. The molecular formula is C16H22N4. The van der Waals surface area contributed by atoms with Gasteiger partial charge in [-0.05, 0) is 30.9 Å². The molecule has 0 spiro atoms. The van der Waals surface area contributed by atoms with Crippen LogP contribution < -0.4 is 11.1 Å². The molecule has 1 fully saturated rings. The van der Waals surface area contributed by atoms with Crippen molar-refractivity contribution in [3.63, 3.8) is 0 Å². The molecule has 0 amide bonds. The lowest BCUT2D eigenvalue weighted by molar-refractivity contribution is 0.327. The minimum atomic E-state index is 0.342. The Kier molecular flexibility index (Phi) is 3.72. The highest BCUT2D eigenvalue weighted by Gasteiger charge is 2.21. The highest BCUT2D eigenvalue weighted by atomic mass is 15.1. The Morgan fingerprint density at radius 2 is 2.10 bits per heavy atom. The van der Waals surface area contributed by atoms with Crippen molar-refractivity contribution in [3.05, 3.63) is 24.3 Å². The number of nitrogens with zero attached hydrogens (tertiary/aromatic N) is 2. The quantitative estimate of drug-likeness (QED) is 0.894. The molecule has 4 heteroatoms. The molecule has 3 rings (SSSR count). The van der Waals surface area contributed by atoms with E-state index in [-0.39, 0.29) is 0 Å². The first-order valence-electron chi connectivity index (χ1n) is 7.55. The number of rotatable bonds is 3. The van der Waals surface area contributed by atoms with E-state index in [4.69, 9.17) is 5.73 Å². The van der Waals surface area contributed by atoms with Crippen molar-refractivity contribution >= 4 is 22.7 Å². The molecule has 0 aliphatic heterocycles. The van der Waals surface area contributed by atoms with E-state index in [1.807, 2.05) is 18.2 Å². The molecule has 1 heterocycles. The second kappa shape index (κ2) is 5.65. The number of hydrogen-bond donors (Lipinski definition) is 2. The second-order valence-electron chi connectivity index (χ2n) is 5.73. The molecule has 1 aliphatic rings. The first kappa shape index (κ1) is 13.2. The van der Waals surface area contributed by atoms with Crippen LogP contribution in [0.25, 0.3) is 10.9 Å². The molecule has 1 aromatic heterocycles. The van der Waals surface area contributed by atoms with Crippen molar-refractivity contribution in [1.82, 2.24) is 9.97 Å². The van der Waals surface area contributed by atoms with Crippen LogP contribution in [0.3, 0.4) is 0 Å². The normalized spacial score (nSPS) is 22.9. The average molecular weight is 270 g/mol. The number of nitrogens with two attached hydrogens (primary N) is 1. The smallest absolute Gasteiger partial charge is 0.222 e. The van der Waals surface area contributed by atoms with Crippen molar-refractivity contribution in [2.45, 2.75) is 45.1 Å². The predicted molar refractivity (Wildman–Crippen MR) is 83.6 cm³/mol. The number of nitrogen functional groups attached to an aromatic ring is 1. The Balaban J connectivity index is 1.86. The van der Waals surface area contributed by atoms with E-state index in [0.29, 0.717) is 12.0 Å². The fourth-order valence-corrected chi connectivity index (χ4v) is 3.19. The van der Waals surface area contributed by atoms with Crippen molar-refractivity contribution in [2.24, 2.45) is 5.92 Å². The summed E-state index contributed by atoms with van der Waals surface area (Å²) in [6.45, 7) is 2.28. The van der Waals surface area contributed by atoms with Gasteiger partial charge in [0.1, 0.15) is 5.82 Å². The minimum Gasteiger partial charge on any atom is -0.368 e. The molecule has 3 N–H and O–H groups in total. The summed E-state index contributed by atoms with van der Waals surface area (Å²) in [4.78, 5) is 8.69. The summed E-state index contributed by atoms with van der Waals surface area (Å²) >= 11 is 0. The number of anilines is 2. The highest BCUT2D eigenvalue weighted by molar-refractivity contribution is 5.89. The van der Waals surface area contributed by atoms with Crippen LogP contribution in [0, 0.1) is 5.92 Å². The molecule has 2 unspecified atom stereocenters. The molecule has 1 aliphatic carbocycles. The van der Waals surface area contributed by atoms with E-state index in [2.05, 4.69) is 28.3 Å². The van der Waals surface area contributed by atoms with Gasteiger partial charge in [-0.1, -0.05) is 38.3 Å². The summed E-state index contributed by atoms with van der Waals surface area (Å²) in [5, 5.41) is 4.65. The van der Waals surface area contributed by atoms with E-state index in [9.17, 15) is 0 Å². The van der Waals surface area contributed by atoms with E-state index in [0.717, 1.165) is 22.6 Å². The summed E-state index contributed by atoms with van der Waals surface area (Å²) in [6.07, 6.45) is 6.38. The molecule has 106 valence electrons. The van der Waals surface area contributed by atoms with Crippen LogP contribution >= 0.6 is 0 Å². The van der Waals surface area contributed by atoms with Crippen LogP contribution in [0.5, 0.6) is 0 Å². The molecule has 0 radical (unpaired) electrons. The maximum absolute atomic E-state index is 5.82. The molecule has 4 nitrogen and oxygen atoms in total. The third-order valence-electron chi connectivity index (χ3n) is 4.32. The van der Waals surface area contributed by atoms with Crippen LogP contribution in [0.4, 0.5) is 11.8 Å². The third kappa shape index (κ3) is 2.69. The monoisotopic (exact) mass is 270 g/mol. The van der Waals surface area contributed by atoms with Crippen molar-refractivity contribution in [2.75, 3.05) is 11.1 Å². The Morgan fingerprint density at radius 3 is 2.95 bits per heavy atom. The van der Waals surface area contributed by atoms with Gasteiger partial charge in [0, 0.05) is 11.4 Å². The van der Waals surface area contributed by atoms with Crippen LogP contribution in [-0.2, 0) is 0 Å². The molecule has 0 bridgehead atoms. The van der Waals surface area contributed by atoms with Gasteiger partial charge < -0.3 is 11.1 Å². The van der Waals surface area contributed by atoms with Gasteiger partial charge >= 0.3 is 0 Å². The molecule has 1 saturated carbocycles. The zero-order valence-corrected chi connectivity index (χ0v) is 12.0. The maximum atomic E-state index is 5.82. The molecule has 2 aromatic rings. The summed E-state index contributed by atoms with van der Waals surface area (Å²) < 4.78 is 0. The number of nitrogens with one attached hydrogen (secondary N) is 1. The van der Waals surface area contributed by atoms with E-state index >= 15 is 0 Å². The Labute approximate surface area is 119 Å². The fraction of sp³-hybridized carbons (Fsp3) is 0.500. The van der Waals surface area contributed by atoms with Gasteiger partial charge in [-0.25, -0.2) is 4.98 Å². The van der Waals surface area contributed by atoms with Crippen LogP contribution in [0.15, 0.2) is 24.3 Å². The number of para-hydroxylation sites is 1. The first-order chi connectivity index (χ1) is 9.76. The highest BCUT2D eigenvalue weighted by Crippen LogP contribution is 2.30. The fourth-order valence-electron chi connectivity index (χ4n) is 3.19. The van der Waals surface area contributed by atoms with Crippen LogP contribution in [0.2, 0.25) is 0 Å². The van der Waals surface area contributed by atoms with Gasteiger partial charge in [0.05, 0.1) is 5.52 Å². The van der Waals surface area contributed by atoms with Crippen LogP contribution in [0.1, 0.15) is 39.0 Å². The SMILES string of the molecule is CCC1CCCC(Nc2nc(N)nc3ccccc23)C1. The van der Waals surface area contributed by atoms with E-state index < -0.39 is 0 Å². The summed E-state index contributed by atoms with van der Waals surface area (Å²) in [5.74, 6) is 2.07. The van der Waals surface area contributed by atoms with Gasteiger partial charge in [-0.2, -0.15) is 4.98 Å². The zero-order valence-electron chi connectivity index (χ0n) is 12.0. The Hall–Kier alpha value is -1.84. The average Bonchev–Trinajstić information content (AvgIpc) is 2.47. The van der Waals surface area contributed by atoms with Gasteiger partial charge in [0.25, 0.3) is 0 Å². The van der Waals surface area contributed by atoms with Crippen molar-refractivity contribution in [1.29, 1.82) is 0 Å². The number of benzene rings is 1. The molecule has 20 heavy (non-hydrogen) atoms. The lowest BCUT2D eigenvalue weighted by Gasteiger charge is -2.29. The predicted octanol–water partition coefficient (Wildman–Crippen LogP) is 3.59. The Morgan fingerprint density at radius 1 is 1.25 bits per heavy atom. The number of fused-ring (bicyclic) bond motifs is 1. The van der Waals surface area contributed by atoms with Crippen molar-refractivity contribution < 1.29 is 0 Å². The third-order valence-corrected chi connectivity index (χ3v) is 4.32. The zero-order chi connectivity index (χ0) is 13.9. The molecule has 0 saturated heterocycles. The first-order valence-corrected chi connectivity index (χ1v) is 7.55. The molecule has 1 aromatic carbocycles. The largest absolute Gasteiger partial charge is 0.368 e. The number of aromatic nitrogens is 2. The molecular weight excluding hydrogens is 248 g/mol. The van der Waals surface area contributed by atoms with Gasteiger partial charge in [-0.3, -0.25) is 0 Å². The summed E-state index contributed by atoms with van der Waals surface area (Å²) in [6, 6.07) is 8.53. The van der Waals surface area contributed by atoms with E-state index in [1.165, 1.54) is 32.1 Å². The lowest BCUT2D eigenvalue weighted by Crippen LogP contribution is -2.27. The summed E-state index contributed by atoms with van der Waals surface area (Å²) in [7, 11) is 0. The van der Waals surface area contributed by atoms with Gasteiger partial charge in [0.2, 0.25) is 5.95 Å². The summed E-state index contributed by atoms with van der Waals surface area (Å²) in [5.41, 5.74) is 6.73. The maximum Gasteiger partial charge on any atom is 0.222 e. The standard InChI is InChI=1S/C16H22N4/c1-2-11-6-5-7-12(10-11)18-15-13-8-3-4-9-14(13)19-16(17)20-15/h3-4,8-9,11-12H,2,5-7,10H2,1H3,(H3,17,18,19,20). The lowest BCUT2D eigenvalue weighted by atomic mass is 9.84. The van der Waals surface area contributed by atoms with Crippen LogP contribution in [-0.4, -0.2) is 16.0 Å².